The maximum Gasteiger partial charge on any atom is 0.185 e. The van der Waals surface area contributed by atoms with Gasteiger partial charge in [0.25, 0.3) is 0 Å². The highest BCUT2D eigenvalue weighted by Gasteiger charge is 2.13. The van der Waals surface area contributed by atoms with Gasteiger partial charge in [0.1, 0.15) is 0 Å². The second-order valence-electron chi connectivity index (χ2n) is 4.44. The molecule has 0 saturated heterocycles. The average Bonchev–Trinajstić information content (AvgIpc) is 2.73. The zero-order valence-corrected chi connectivity index (χ0v) is 11.8. The van der Waals surface area contributed by atoms with Crippen molar-refractivity contribution in [2.45, 2.75) is 46.2 Å². The van der Waals surface area contributed by atoms with Crippen LogP contribution in [0.2, 0.25) is 0 Å². The molecule has 1 unspecified atom stereocenters. The Morgan fingerprint density at radius 3 is 2.69 bits per heavy atom. The first kappa shape index (κ1) is 13.5. The van der Waals surface area contributed by atoms with Gasteiger partial charge in [-0.1, -0.05) is 6.92 Å². The lowest BCUT2D eigenvalue weighted by molar-refractivity contribution is 0.560. The third kappa shape index (κ3) is 3.46. The molecule has 0 amide bonds. The molecule has 0 fully saturated rings. The monoisotopic (exact) mass is 241 g/mol. The molecule has 1 heterocycles. The topological polar surface area (TPSA) is 28.2 Å². The van der Waals surface area contributed by atoms with Gasteiger partial charge in [-0.15, -0.1) is 11.3 Å². The molecule has 1 aromatic heterocycles. The molecule has 0 aliphatic carbocycles. The van der Waals surface area contributed by atoms with Crippen LogP contribution in [-0.4, -0.2) is 24.6 Å². The van der Waals surface area contributed by atoms with Gasteiger partial charge >= 0.3 is 0 Å². The Morgan fingerprint density at radius 2 is 2.12 bits per heavy atom. The number of nitrogens with one attached hydrogen (secondary N) is 1. The number of thiazole rings is 1. The van der Waals surface area contributed by atoms with Gasteiger partial charge in [-0.25, -0.2) is 4.98 Å². The van der Waals surface area contributed by atoms with E-state index in [0.717, 1.165) is 23.8 Å². The summed E-state index contributed by atoms with van der Waals surface area (Å²) in [6.45, 7) is 9.76. The van der Waals surface area contributed by atoms with E-state index in [1.165, 1.54) is 0 Å². The van der Waals surface area contributed by atoms with Gasteiger partial charge in [-0.2, -0.15) is 0 Å². The van der Waals surface area contributed by atoms with E-state index in [-0.39, 0.29) is 0 Å². The molecule has 1 aromatic rings. The van der Waals surface area contributed by atoms with Crippen molar-refractivity contribution in [3.63, 3.8) is 0 Å². The Labute approximate surface area is 103 Å². The molecule has 0 aliphatic rings. The molecule has 0 saturated carbocycles. The zero-order chi connectivity index (χ0) is 12.1. The predicted octanol–water partition coefficient (Wildman–Crippen LogP) is 3.05. The van der Waals surface area contributed by atoms with Crippen molar-refractivity contribution in [1.29, 1.82) is 0 Å². The molecule has 1 N–H and O–H groups in total. The summed E-state index contributed by atoms with van der Waals surface area (Å²) in [4.78, 5) is 6.88. The molecule has 92 valence electrons. The molecule has 0 aliphatic heterocycles. The molecule has 1 atom stereocenters. The molecule has 0 bridgehead atoms. The summed E-state index contributed by atoms with van der Waals surface area (Å²) >= 11 is 1.72. The summed E-state index contributed by atoms with van der Waals surface area (Å²) in [6, 6.07) is 0.850. The second kappa shape index (κ2) is 6.21. The first-order valence-corrected chi connectivity index (χ1v) is 6.85. The van der Waals surface area contributed by atoms with Crippen LogP contribution in [0.5, 0.6) is 0 Å². The van der Waals surface area contributed by atoms with E-state index < -0.39 is 0 Å². The zero-order valence-electron chi connectivity index (χ0n) is 10.9. The van der Waals surface area contributed by atoms with E-state index in [2.05, 4.69) is 55.3 Å². The van der Waals surface area contributed by atoms with Crippen LogP contribution in [0.3, 0.4) is 0 Å². The van der Waals surface area contributed by atoms with Gasteiger partial charge < -0.3 is 10.2 Å². The molecule has 1 rings (SSSR count). The third-order valence-corrected chi connectivity index (χ3v) is 3.68. The lowest BCUT2D eigenvalue weighted by atomic mass is 10.2. The number of hydrogen-bond acceptors (Lipinski definition) is 4. The highest BCUT2D eigenvalue weighted by atomic mass is 32.1. The van der Waals surface area contributed by atoms with Crippen molar-refractivity contribution in [2.24, 2.45) is 0 Å². The number of hydrogen-bond donors (Lipinski definition) is 1. The number of aromatic nitrogens is 1. The summed E-state index contributed by atoms with van der Waals surface area (Å²) in [6.07, 6.45) is 1.16. The largest absolute Gasteiger partial charge is 0.349 e. The third-order valence-electron chi connectivity index (χ3n) is 2.73. The lowest BCUT2D eigenvalue weighted by Gasteiger charge is -2.20. The van der Waals surface area contributed by atoms with Gasteiger partial charge in [0.2, 0.25) is 0 Å². The molecule has 16 heavy (non-hydrogen) atoms. The fourth-order valence-electron chi connectivity index (χ4n) is 1.32. The van der Waals surface area contributed by atoms with Crippen LogP contribution in [0, 0.1) is 0 Å². The molecular weight excluding hydrogens is 218 g/mol. The quantitative estimate of drug-likeness (QED) is 0.829. The number of nitrogens with zero attached hydrogens (tertiary/aromatic N) is 2. The van der Waals surface area contributed by atoms with Gasteiger partial charge in [-0.05, 0) is 33.7 Å². The van der Waals surface area contributed by atoms with Crippen molar-refractivity contribution in [1.82, 2.24) is 10.3 Å². The number of rotatable bonds is 6. The van der Waals surface area contributed by atoms with Gasteiger partial charge in [0.15, 0.2) is 5.13 Å². The van der Waals surface area contributed by atoms with Crippen molar-refractivity contribution in [2.75, 3.05) is 18.5 Å². The van der Waals surface area contributed by atoms with Crippen LogP contribution in [0.15, 0.2) is 5.38 Å². The Kier molecular flexibility index (Phi) is 5.22. The molecule has 0 spiro atoms. The Morgan fingerprint density at radius 1 is 1.44 bits per heavy atom. The maximum absolute atomic E-state index is 4.67. The van der Waals surface area contributed by atoms with E-state index in [0.29, 0.717) is 12.1 Å². The summed E-state index contributed by atoms with van der Waals surface area (Å²) in [5.41, 5.74) is 1.15. The van der Waals surface area contributed by atoms with E-state index in [9.17, 15) is 0 Å². The van der Waals surface area contributed by atoms with Crippen LogP contribution in [0.4, 0.5) is 5.13 Å². The predicted molar refractivity (Wildman–Crippen MR) is 72.4 cm³/mol. The summed E-state index contributed by atoms with van der Waals surface area (Å²) in [5, 5.41) is 6.72. The molecule has 0 aromatic carbocycles. The molecule has 0 radical (unpaired) electrons. The first-order valence-electron chi connectivity index (χ1n) is 5.97. The Bertz CT molecular complexity index is 309. The normalized spacial score (nSPS) is 13.1. The SMILES string of the molecule is CCCNC(C)c1csc(N(C)C(C)C)n1. The highest BCUT2D eigenvalue weighted by molar-refractivity contribution is 7.13. The molecular formula is C12H23N3S. The Hall–Kier alpha value is -0.610. The van der Waals surface area contributed by atoms with Gasteiger partial charge in [0, 0.05) is 24.5 Å². The van der Waals surface area contributed by atoms with E-state index >= 15 is 0 Å². The fourth-order valence-corrected chi connectivity index (χ4v) is 2.34. The van der Waals surface area contributed by atoms with Crippen LogP contribution >= 0.6 is 11.3 Å². The van der Waals surface area contributed by atoms with Crippen molar-refractivity contribution in [3.8, 4) is 0 Å². The van der Waals surface area contributed by atoms with E-state index in [1.54, 1.807) is 11.3 Å². The van der Waals surface area contributed by atoms with Crippen LogP contribution in [0.1, 0.15) is 45.9 Å². The number of anilines is 1. The van der Waals surface area contributed by atoms with Gasteiger partial charge in [-0.3, -0.25) is 0 Å². The second-order valence-corrected chi connectivity index (χ2v) is 5.27. The van der Waals surface area contributed by atoms with E-state index in [1.807, 2.05) is 0 Å². The fraction of sp³-hybridized carbons (Fsp3) is 0.750. The molecule has 3 nitrogen and oxygen atoms in total. The van der Waals surface area contributed by atoms with E-state index in [4.69, 9.17) is 0 Å². The van der Waals surface area contributed by atoms with Crippen molar-refractivity contribution >= 4 is 16.5 Å². The first-order chi connectivity index (χ1) is 7.56. The minimum atomic E-state index is 0.352. The van der Waals surface area contributed by atoms with Crippen LogP contribution in [0.25, 0.3) is 0 Å². The van der Waals surface area contributed by atoms with Crippen molar-refractivity contribution in [3.05, 3.63) is 11.1 Å². The maximum atomic E-state index is 4.67. The van der Waals surface area contributed by atoms with Crippen LogP contribution < -0.4 is 10.2 Å². The Balaban J connectivity index is 2.63. The van der Waals surface area contributed by atoms with Crippen LogP contribution in [-0.2, 0) is 0 Å². The van der Waals surface area contributed by atoms with Gasteiger partial charge in [0.05, 0.1) is 5.69 Å². The van der Waals surface area contributed by atoms with Crippen molar-refractivity contribution < 1.29 is 0 Å². The minimum Gasteiger partial charge on any atom is -0.349 e. The summed E-state index contributed by atoms with van der Waals surface area (Å²) in [5.74, 6) is 0. The summed E-state index contributed by atoms with van der Waals surface area (Å²) in [7, 11) is 2.09. The lowest BCUT2D eigenvalue weighted by Crippen LogP contribution is -2.25. The highest BCUT2D eigenvalue weighted by Crippen LogP contribution is 2.24. The summed E-state index contributed by atoms with van der Waals surface area (Å²) < 4.78 is 0. The standard InChI is InChI=1S/C12H23N3S/c1-6-7-13-10(4)11-8-16-12(14-11)15(5)9(2)3/h8-10,13H,6-7H2,1-5H3. The molecule has 4 heteroatoms. The average molecular weight is 241 g/mol. The minimum absolute atomic E-state index is 0.352. The smallest absolute Gasteiger partial charge is 0.185 e.